The Hall–Kier alpha value is 0.177. The van der Waals surface area contributed by atoms with Crippen LogP contribution in [0.2, 0.25) is 25.7 Å². The van der Waals surface area contributed by atoms with Crippen molar-refractivity contribution in [2.24, 2.45) is 16.7 Å². The van der Waals surface area contributed by atoms with Crippen molar-refractivity contribution < 1.29 is 0 Å². The van der Waals surface area contributed by atoms with E-state index in [1.165, 1.54) is 38.3 Å². The van der Waals surface area contributed by atoms with E-state index in [0.29, 0.717) is 10.8 Å². The van der Waals surface area contributed by atoms with E-state index in [-0.39, 0.29) is 5.54 Å². The number of rotatable bonds is 4. The zero-order chi connectivity index (χ0) is 16.5. The minimum Gasteiger partial charge on any atom is -0.312 e. The van der Waals surface area contributed by atoms with Gasteiger partial charge >= 0.3 is 0 Å². The normalized spacial score (nSPS) is 28.7. The Morgan fingerprint density at radius 1 is 0.952 bits per heavy atom. The van der Waals surface area contributed by atoms with Crippen molar-refractivity contribution in [1.29, 1.82) is 0 Å². The van der Waals surface area contributed by atoms with Gasteiger partial charge in [-0.1, -0.05) is 46.5 Å². The molecule has 1 rings (SSSR count). The first-order valence-corrected chi connectivity index (χ1v) is 12.7. The van der Waals surface area contributed by atoms with E-state index in [1.807, 2.05) is 0 Å². The van der Waals surface area contributed by atoms with E-state index in [0.717, 1.165) is 5.92 Å². The molecule has 1 N–H and O–H groups in total. The second-order valence-electron chi connectivity index (χ2n) is 11.0. The fourth-order valence-corrected chi connectivity index (χ4v) is 6.82. The van der Waals surface area contributed by atoms with Crippen LogP contribution in [0.3, 0.4) is 0 Å². The Morgan fingerprint density at radius 3 is 1.76 bits per heavy atom. The van der Waals surface area contributed by atoms with Crippen LogP contribution in [0.1, 0.15) is 67.2 Å². The summed E-state index contributed by atoms with van der Waals surface area (Å²) in [6.45, 7) is 23.0. The number of nitrogens with one attached hydrogen (secondary N) is 1. The molecule has 0 aliphatic heterocycles. The van der Waals surface area contributed by atoms with Crippen LogP contribution in [0, 0.1) is 16.7 Å². The van der Waals surface area contributed by atoms with Gasteiger partial charge in [-0.05, 0) is 63.2 Å². The summed E-state index contributed by atoms with van der Waals surface area (Å²) in [5.41, 5.74) is 1.30. The van der Waals surface area contributed by atoms with E-state index in [1.54, 1.807) is 0 Å². The quantitative estimate of drug-likeness (QED) is 0.634. The monoisotopic (exact) mass is 311 g/mol. The van der Waals surface area contributed by atoms with Crippen molar-refractivity contribution in [1.82, 2.24) is 5.32 Å². The van der Waals surface area contributed by atoms with Crippen LogP contribution >= 0.6 is 0 Å². The highest BCUT2D eigenvalue weighted by Gasteiger charge is 2.41. The standard InChI is InChI=1S/C19H41NSi/c1-17(2,3)16-10-12-19(13-11-16,15-21(7,8)9)14-20-18(4,5)6/h16,20H,10-15H2,1-9H3. The lowest BCUT2D eigenvalue weighted by Gasteiger charge is -2.47. The highest BCUT2D eigenvalue weighted by atomic mass is 28.3. The largest absolute Gasteiger partial charge is 0.312 e. The van der Waals surface area contributed by atoms with Gasteiger partial charge in [-0.15, -0.1) is 0 Å². The van der Waals surface area contributed by atoms with E-state index in [4.69, 9.17) is 0 Å². The molecule has 0 aromatic carbocycles. The Balaban J connectivity index is 2.77. The fourth-order valence-electron chi connectivity index (χ4n) is 4.09. The fraction of sp³-hybridized carbons (Fsp3) is 1.00. The Bertz CT molecular complexity index is 319. The van der Waals surface area contributed by atoms with Gasteiger partial charge < -0.3 is 5.32 Å². The zero-order valence-electron chi connectivity index (χ0n) is 16.3. The lowest BCUT2D eigenvalue weighted by atomic mass is 9.64. The van der Waals surface area contributed by atoms with Gasteiger partial charge in [0.15, 0.2) is 0 Å². The zero-order valence-corrected chi connectivity index (χ0v) is 17.3. The molecule has 0 radical (unpaired) electrons. The Kier molecular flexibility index (Phi) is 5.82. The van der Waals surface area contributed by atoms with E-state index < -0.39 is 8.07 Å². The minimum absolute atomic E-state index is 0.243. The molecule has 1 nitrogen and oxygen atoms in total. The molecule has 0 bridgehead atoms. The second kappa shape index (κ2) is 6.35. The molecule has 0 atom stereocenters. The van der Waals surface area contributed by atoms with Crippen molar-refractivity contribution in [3.8, 4) is 0 Å². The smallest absolute Gasteiger partial charge is 0.0448 e. The molecule has 1 fully saturated rings. The number of hydrogen-bond acceptors (Lipinski definition) is 1. The summed E-state index contributed by atoms with van der Waals surface area (Å²) in [6, 6.07) is 1.49. The van der Waals surface area contributed by atoms with Crippen LogP contribution in [0.15, 0.2) is 0 Å². The van der Waals surface area contributed by atoms with Crippen molar-refractivity contribution in [3.05, 3.63) is 0 Å². The summed E-state index contributed by atoms with van der Waals surface area (Å²) in [7, 11) is -1.02. The molecule has 0 saturated heterocycles. The van der Waals surface area contributed by atoms with Crippen LogP contribution in [0.4, 0.5) is 0 Å². The predicted molar refractivity (Wildman–Crippen MR) is 99.8 cm³/mol. The van der Waals surface area contributed by atoms with Gasteiger partial charge in [0.1, 0.15) is 0 Å². The molecule has 1 aliphatic rings. The maximum absolute atomic E-state index is 3.83. The SMILES string of the molecule is CC(C)(C)NCC1(C[Si](C)(C)C)CCC(C(C)(C)C)CC1. The van der Waals surface area contributed by atoms with Crippen LogP contribution < -0.4 is 5.32 Å². The average Bonchev–Trinajstić information content (AvgIpc) is 2.23. The van der Waals surface area contributed by atoms with Crippen molar-refractivity contribution in [3.63, 3.8) is 0 Å². The summed E-state index contributed by atoms with van der Waals surface area (Å²) in [5.74, 6) is 0.918. The van der Waals surface area contributed by atoms with Gasteiger partial charge in [-0.25, -0.2) is 0 Å². The molecule has 21 heavy (non-hydrogen) atoms. The molecule has 0 aromatic heterocycles. The molecule has 0 unspecified atom stereocenters. The molecular formula is C19H41NSi. The maximum atomic E-state index is 3.83. The van der Waals surface area contributed by atoms with Crippen LogP contribution in [-0.4, -0.2) is 20.2 Å². The molecule has 1 saturated carbocycles. The molecule has 2 heteroatoms. The first kappa shape index (κ1) is 19.2. The van der Waals surface area contributed by atoms with E-state index in [9.17, 15) is 0 Å². The van der Waals surface area contributed by atoms with Crippen LogP contribution in [-0.2, 0) is 0 Å². The Morgan fingerprint density at radius 2 is 1.43 bits per heavy atom. The summed E-state index contributed by atoms with van der Waals surface area (Å²) in [5, 5.41) is 3.83. The molecule has 1 aliphatic carbocycles. The molecule has 126 valence electrons. The van der Waals surface area contributed by atoms with Crippen LogP contribution in [0.5, 0.6) is 0 Å². The predicted octanol–water partition coefficient (Wildman–Crippen LogP) is 5.94. The average molecular weight is 312 g/mol. The highest BCUT2D eigenvalue weighted by Crippen LogP contribution is 2.48. The van der Waals surface area contributed by atoms with Gasteiger partial charge in [-0.3, -0.25) is 0 Å². The van der Waals surface area contributed by atoms with Gasteiger partial charge in [0.2, 0.25) is 0 Å². The molecule has 0 aromatic rings. The van der Waals surface area contributed by atoms with E-state index >= 15 is 0 Å². The summed E-state index contributed by atoms with van der Waals surface area (Å²) in [6.07, 6.45) is 5.73. The van der Waals surface area contributed by atoms with E-state index in [2.05, 4.69) is 66.5 Å². The third kappa shape index (κ3) is 6.86. The first-order valence-electron chi connectivity index (χ1n) is 8.98. The third-order valence-electron chi connectivity index (χ3n) is 5.17. The van der Waals surface area contributed by atoms with Crippen molar-refractivity contribution >= 4 is 8.07 Å². The maximum Gasteiger partial charge on any atom is 0.0448 e. The topological polar surface area (TPSA) is 12.0 Å². The summed E-state index contributed by atoms with van der Waals surface area (Å²) in [4.78, 5) is 0. The second-order valence-corrected chi connectivity index (χ2v) is 16.5. The molecule has 0 amide bonds. The molecule has 0 heterocycles. The first-order chi connectivity index (χ1) is 9.23. The van der Waals surface area contributed by atoms with Gasteiger partial charge in [-0.2, -0.15) is 0 Å². The number of hydrogen-bond donors (Lipinski definition) is 1. The Labute approximate surface area is 135 Å². The van der Waals surface area contributed by atoms with Gasteiger partial charge in [0.25, 0.3) is 0 Å². The minimum atomic E-state index is -1.02. The summed E-state index contributed by atoms with van der Waals surface area (Å²) >= 11 is 0. The van der Waals surface area contributed by atoms with Crippen molar-refractivity contribution in [2.75, 3.05) is 6.54 Å². The highest BCUT2D eigenvalue weighted by molar-refractivity contribution is 6.76. The lowest BCUT2D eigenvalue weighted by Crippen LogP contribution is -2.48. The van der Waals surface area contributed by atoms with Gasteiger partial charge in [0.05, 0.1) is 0 Å². The van der Waals surface area contributed by atoms with Gasteiger partial charge in [0, 0.05) is 20.2 Å². The van der Waals surface area contributed by atoms with Crippen LogP contribution in [0.25, 0.3) is 0 Å². The summed E-state index contributed by atoms with van der Waals surface area (Å²) < 4.78 is 0. The molecule has 0 spiro atoms. The lowest BCUT2D eigenvalue weighted by molar-refractivity contribution is 0.0928. The molecular weight excluding hydrogens is 270 g/mol. The van der Waals surface area contributed by atoms with Crippen molar-refractivity contribution in [2.45, 2.75) is 98.4 Å². The third-order valence-corrected chi connectivity index (χ3v) is 6.98.